The van der Waals surface area contributed by atoms with Gasteiger partial charge in [-0.05, 0) is 25.1 Å². The first kappa shape index (κ1) is 17.3. The second-order valence-corrected chi connectivity index (χ2v) is 5.89. The molecule has 4 nitrogen and oxygen atoms in total. The van der Waals surface area contributed by atoms with E-state index in [0.29, 0.717) is 21.3 Å². The summed E-state index contributed by atoms with van der Waals surface area (Å²) in [5.41, 5.74) is 2.15. The average Bonchev–Trinajstić information content (AvgIpc) is 2.51. The Morgan fingerprint density at radius 3 is 2.43 bits per heavy atom. The van der Waals surface area contributed by atoms with Crippen molar-refractivity contribution in [3.05, 3.63) is 63.6 Å². The quantitative estimate of drug-likeness (QED) is 0.768. The number of rotatable bonds is 5. The van der Waals surface area contributed by atoms with E-state index in [9.17, 15) is 9.59 Å². The van der Waals surface area contributed by atoms with Crippen molar-refractivity contribution in [1.82, 2.24) is 5.32 Å². The molecule has 0 unspecified atom stereocenters. The fourth-order valence-corrected chi connectivity index (χ4v) is 2.27. The third-order valence-corrected chi connectivity index (χ3v) is 3.75. The first-order valence-corrected chi connectivity index (χ1v) is 7.81. The van der Waals surface area contributed by atoms with Gasteiger partial charge in [0.25, 0.3) is 0 Å². The van der Waals surface area contributed by atoms with E-state index >= 15 is 0 Å². The Bertz CT molecular complexity index is 715. The van der Waals surface area contributed by atoms with Gasteiger partial charge in [0.05, 0.1) is 10.7 Å². The lowest BCUT2D eigenvalue weighted by Gasteiger charge is -2.09. The van der Waals surface area contributed by atoms with Gasteiger partial charge < -0.3 is 10.6 Å². The zero-order valence-electron chi connectivity index (χ0n) is 12.5. The standard InChI is InChI=1S/C17H16Cl2N2O2/c1-11-2-4-12(5-3-11)16(22)8-9-20-17(23)21-15-10-13(18)6-7-14(15)19/h2-7,10H,8-9H2,1H3,(H2,20,21,23). The number of anilines is 1. The highest BCUT2D eigenvalue weighted by Crippen LogP contribution is 2.25. The van der Waals surface area contributed by atoms with Gasteiger partial charge in [0.1, 0.15) is 0 Å². The van der Waals surface area contributed by atoms with Crippen LogP contribution >= 0.6 is 23.2 Å². The lowest BCUT2D eigenvalue weighted by atomic mass is 10.1. The van der Waals surface area contributed by atoms with E-state index < -0.39 is 6.03 Å². The van der Waals surface area contributed by atoms with Crippen LogP contribution in [-0.4, -0.2) is 18.4 Å². The maximum absolute atomic E-state index is 12.0. The molecule has 0 saturated carbocycles. The molecule has 2 N–H and O–H groups in total. The fourth-order valence-electron chi connectivity index (χ4n) is 1.93. The molecule has 0 fully saturated rings. The summed E-state index contributed by atoms with van der Waals surface area (Å²) >= 11 is 11.8. The molecular weight excluding hydrogens is 335 g/mol. The number of urea groups is 1. The van der Waals surface area contributed by atoms with Crippen molar-refractivity contribution in [3.8, 4) is 0 Å². The molecule has 2 aromatic rings. The number of nitrogens with one attached hydrogen (secondary N) is 2. The fraction of sp³-hybridized carbons (Fsp3) is 0.176. The number of hydrogen-bond donors (Lipinski definition) is 2. The minimum atomic E-state index is -0.439. The highest BCUT2D eigenvalue weighted by atomic mass is 35.5. The summed E-state index contributed by atoms with van der Waals surface area (Å²) < 4.78 is 0. The summed E-state index contributed by atoms with van der Waals surface area (Å²) in [4.78, 5) is 23.8. The summed E-state index contributed by atoms with van der Waals surface area (Å²) in [6.07, 6.45) is 0.222. The third kappa shape index (κ3) is 5.27. The van der Waals surface area contributed by atoms with Crippen LogP contribution in [0.15, 0.2) is 42.5 Å². The van der Waals surface area contributed by atoms with Crippen molar-refractivity contribution in [2.24, 2.45) is 0 Å². The molecule has 0 spiro atoms. The van der Waals surface area contributed by atoms with Gasteiger partial charge in [0, 0.05) is 23.6 Å². The van der Waals surface area contributed by atoms with Crippen molar-refractivity contribution in [3.63, 3.8) is 0 Å². The summed E-state index contributed by atoms with van der Waals surface area (Å²) in [5.74, 6) is -0.0221. The molecule has 120 valence electrons. The van der Waals surface area contributed by atoms with Crippen molar-refractivity contribution in [1.29, 1.82) is 0 Å². The number of amides is 2. The molecule has 0 saturated heterocycles. The van der Waals surface area contributed by atoms with Crippen molar-refractivity contribution in [2.45, 2.75) is 13.3 Å². The Hall–Kier alpha value is -2.04. The molecule has 0 aromatic heterocycles. The largest absolute Gasteiger partial charge is 0.337 e. The summed E-state index contributed by atoms with van der Waals surface area (Å²) in [6, 6.07) is 11.7. The Balaban J connectivity index is 1.81. The van der Waals surface area contributed by atoms with E-state index in [1.54, 1.807) is 30.3 Å². The second kappa shape index (κ2) is 7.99. The number of halogens is 2. The zero-order chi connectivity index (χ0) is 16.8. The van der Waals surface area contributed by atoms with Gasteiger partial charge in [-0.3, -0.25) is 4.79 Å². The number of ketones is 1. The molecule has 2 rings (SSSR count). The maximum Gasteiger partial charge on any atom is 0.319 e. The molecule has 0 atom stereocenters. The molecular formula is C17H16Cl2N2O2. The average molecular weight is 351 g/mol. The lowest BCUT2D eigenvalue weighted by molar-refractivity contribution is 0.0984. The summed E-state index contributed by atoms with van der Waals surface area (Å²) in [7, 11) is 0. The van der Waals surface area contributed by atoms with Gasteiger partial charge in [-0.1, -0.05) is 53.0 Å². The van der Waals surface area contributed by atoms with E-state index in [1.807, 2.05) is 19.1 Å². The van der Waals surface area contributed by atoms with Gasteiger partial charge in [-0.25, -0.2) is 4.79 Å². The molecule has 0 radical (unpaired) electrons. The molecule has 0 aliphatic rings. The molecule has 0 bridgehead atoms. The molecule has 0 aliphatic carbocycles. The number of carbonyl (C=O) groups excluding carboxylic acids is 2. The monoisotopic (exact) mass is 350 g/mol. The van der Waals surface area contributed by atoms with Crippen LogP contribution in [0.5, 0.6) is 0 Å². The van der Waals surface area contributed by atoms with Gasteiger partial charge in [0.2, 0.25) is 0 Å². The number of carbonyl (C=O) groups is 2. The third-order valence-electron chi connectivity index (χ3n) is 3.19. The lowest BCUT2D eigenvalue weighted by Crippen LogP contribution is -2.30. The number of aryl methyl sites for hydroxylation is 1. The highest BCUT2D eigenvalue weighted by Gasteiger charge is 2.08. The van der Waals surface area contributed by atoms with Gasteiger partial charge in [0.15, 0.2) is 5.78 Å². The minimum absolute atomic E-state index is 0.0221. The Labute approximate surface area is 144 Å². The number of benzene rings is 2. The summed E-state index contributed by atoms with van der Waals surface area (Å²) in [6.45, 7) is 2.19. The number of Topliss-reactive ketones (excluding diaryl/α,β-unsaturated/α-hetero) is 1. The SMILES string of the molecule is Cc1ccc(C(=O)CCNC(=O)Nc2cc(Cl)ccc2Cl)cc1. The molecule has 0 aliphatic heterocycles. The van der Waals surface area contributed by atoms with E-state index in [-0.39, 0.29) is 18.7 Å². The van der Waals surface area contributed by atoms with Crippen molar-refractivity contribution in [2.75, 3.05) is 11.9 Å². The van der Waals surface area contributed by atoms with Crippen LogP contribution in [0, 0.1) is 6.92 Å². The predicted octanol–water partition coefficient (Wildman–Crippen LogP) is 4.70. The second-order valence-electron chi connectivity index (χ2n) is 5.04. The van der Waals surface area contributed by atoms with Gasteiger partial charge in [-0.15, -0.1) is 0 Å². The van der Waals surface area contributed by atoms with Crippen LogP contribution in [0.1, 0.15) is 22.3 Å². The normalized spacial score (nSPS) is 10.2. The van der Waals surface area contributed by atoms with Crippen LogP contribution < -0.4 is 10.6 Å². The predicted molar refractivity (Wildman–Crippen MR) is 93.6 cm³/mol. The highest BCUT2D eigenvalue weighted by molar-refractivity contribution is 6.35. The van der Waals surface area contributed by atoms with E-state index in [1.165, 1.54) is 0 Å². The topological polar surface area (TPSA) is 58.2 Å². The summed E-state index contributed by atoms with van der Waals surface area (Å²) in [5, 5.41) is 6.07. The van der Waals surface area contributed by atoms with Crippen LogP contribution in [0.4, 0.5) is 10.5 Å². The Kier molecular flexibility index (Phi) is 6.02. The first-order chi connectivity index (χ1) is 11.0. The van der Waals surface area contributed by atoms with Crippen LogP contribution in [-0.2, 0) is 0 Å². The Morgan fingerprint density at radius 1 is 1.04 bits per heavy atom. The van der Waals surface area contributed by atoms with E-state index in [2.05, 4.69) is 10.6 Å². The molecule has 2 amide bonds. The van der Waals surface area contributed by atoms with Crippen molar-refractivity contribution >= 4 is 40.7 Å². The van der Waals surface area contributed by atoms with Gasteiger partial charge >= 0.3 is 6.03 Å². The van der Waals surface area contributed by atoms with Crippen molar-refractivity contribution < 1.29 is 9.59 Å². The minimum Gasteiger partial charge on any atom is -0.337 e. The molecule has 0 heterocycles. The first-order valence-electron chi connectivity index (χ1n) is 7.05. The number of hydrogen-bond acceptors (Lipinski definition) is 2. The van der Waals surface area contributed by atoms with Gasteiger partial charge in [-0.2, -0.15) is 0 Å². The van der Waals surface area contributed by atoms with Crippen LogP contribution in [0.3, 0.4) is 0 Å². The smallest absolute Gasteiger partial charge is 0.319 e. The Morgan fingerprint density at radius 2 is 1.74 bits per heavy atom. The van der Waals surface area contributed by atoms with E-state index in [4.69, 9.17) is 23.2 Å². The maximum atomic E-state index is 12.0. The van der Waals surface area contributed by atoms with Crippen LogP contribution in [0.2, 0.25) is 10.0 Å². The van der Waals surface area contributed by atoms with E-state index in [0.717, 1.165) is 5.56 Å². The molecule has 23 heavy (non-hydrogen) atoms. The van der Waals surface area contributed by atoms with Crippen LogP contribution in [0.25, 0.3) is 0 Å². The molecule has 6 heteroatoms. The molecule has 2 aromatic carbocycles. The zero-order valence-corrected chi connectivity index (χ0v) is 14.0.